The largest absolute Gasteiger partial charge is 0.416 e. The third kappa shape index (κ3) is 7.19. The molecule has 0 saturated heterocycles. The molecule has 0 fully saturated rings. The summed E-state index contributed by atoms with van der Waals surface area (Å²) in [6, 6.07) is 1.84. The van der Waals surface area contributed by atoms with Gasteiger partial charge in [0.25, 0.3) is 0 Å². The number of nitrogens with two attached hydrogens (primary N) is 1. The number of rotatable bonds is 5. The first-order valence-corrected chi connectivity index (χ1v) is 8.38. The number of nitrogens with one attached hydrogen (secondary N) is 1. The molecule has 10 heteroatoms. The van der Waals surface area contributed by atoms with Crippen molar-refractivity contribution in [2.75, 3.05) is 17.3 Å². The zero-order valence-corrected chi connectivity index (χ0v) is 14.1. The van der Waals surface area contributed by atoms with Gasteiger partial charge in [-0.15, -0.1) is 12.4 Å². The molecule has 0 aliphatic rings. The van der Waals surface area contributed by atoms with Crippen molar-refractivity contribution in [3.63, 3.8) is 0 Å². The van der Waals surface area contributed by atoms with E-state index in [1.807, 2.05) is 0 Å². The molecule has 1 aromatic carbocycles. The average Bonchev–Trinajstić information content (AvgIpc) is 2.36. The summed E-state index contributed by atoms with van der Waals surface area (Å²) in [4.78, 5) is 11.8. The van der Waals surface area contributed by atoms with Gasteiger partial charge in [-0.3, -0.25) is 4.79 Å². The van der Waals surface area contributed by atoms with Crippen molar-refractivity contribution in [3.8, 4) is 0 Å². The summed E-state index contributed by atoms with van der Waals surface area (Å²) in [7, 11) is -3.27. The highest BCUT2D eigenvalue weighted by molar-refractivity contribution is 7.90. The van der Waals surface area contributed by atoms with E-state index in [-0.39, 0.29) is 30.3 Å². The van der Waals surface area contributed by atoms with Crippen LogP contribution in [-0.4, -0.2) is 32.4 Å². The monoisotopic (exact) mass is 374 g/mol. The second-order valence-electron chi connectivity index (χ2n) is 5.04. The molecule has 0 aliphatic heterocycles. The Balaban J connectivity index is 0.00000484. The first-order valence-electron chi connectivity index (χ1n) is 6.32. The number of anilines is 1. The van der Waals surface area contributed by atoms with E-state index >= 15 is 0 Å². The number of amides is 1. The Morgan fingerprint density at radius 2 is 1.91 bits per heavy atom. The smallest absolute Gasteiger partial charge is 0.324 e. The molecule has 0 bridgehead atoms. The summed E-state index contributed by atoms with van der Waals surface area (Å²) in [6.07, 6.45) is -3.62. The molecule has 0 radical (unpaired) electrons. The van der Waals surface area contributed by atoms with Gasteiger partial charge in [0, 0.05) is 11.9 Å². The summed E-state index contributed by atoms with van der Waals surface area (Å²) >= 11 is 0. The second kappa shape index (κ2) is 7.98. The Hall–Kier alpha value is -1.32. The number of benzene rings is 1. The summed E-state index contributed by atoms with van der Waals surface area (Å²) < 4.78 is 60.0. The molecular formula is C13H18ClF3N2O3S. The molecule has 0 heterocycles. The van der Waals surface area contributed by atoms with Crippen molar-refractivity contribution in [2.45, 2.75) is 25.6 Å². The summed E-state index contributed by atoms with van der Waals surface area (Å²) in [5.74, 6) is -1.01. The number of hydrogen-bond donors (Lipinski definition) is 2. The van der Waals surface area contributed by atoms with Crippen LogP contribution in [0.25, 0.3) is 0 Å². The minimum absolute atomic E-state index is 0. The molecule has 0 aliphatic carbocycles. The Kier molecular flexibility index (Phi) is 7.52. The van der Waals surface area contributed by atoms with Gasteiger partial charge in [-0.1, -0.05) is 6.07 Å². The minimum atomic E-state index is -4.52. The average molecular weight is 375 g/mol. The van der Waals surface area contributed by atoms with E-state index in [9.17, 15) is 26.4 Å². The molecule has 1 amide bonds. The first kappa shape index (κ1) is 21.7. The van der Waals surface area contributed by atoms with Gasteiger partial charge in [0.05, 0.1) is 17.4 Å². The molecule has 0 aromatic heterocycles. The third-order valence-corrected chi connectivity index (χ3v) is 3.94. The number of carbonyl (C=O) groups is 1. The van der Waals surface area contributed by atoms with Gasteiger partial charge in [0.1, 0.15) is 9.84 Å². The molecule has 3 N–H and O–H groups in total. The van der Waals surface area contributed by atoms with E-state index in [0.717, 1.165) is 18.4 Å². The van der Waals surface area contributed by atoms with Crippen LogP contribution in [0, 0.1) is 6.92 Å². The van der Waals surface area contributed by atoms with E-state index in [1.54, 1.807) is 0 Å². The van der Waals surface area contributed by atoms with Gasteiger partial charge in [-0.2, -0.15) is 13.2 Å². The Morgan fingerprint density at radius 1 is 1.35 bits per heavy atom. The van der Waals surface area contributed by atoms with Crippen molar-refractivity contribution < 1.29 is 26.4 Å². The van der Waals surface area contributed by atoms with E-state index in [4.69, 9.17) is 5.73 Å². The molecule has 1 rings (SSSR count). The van der Waals surface area contributed by atoms with Crippen LogP contribution >= 0.6 is 12.4 Å². The number of halogens is 4. The van der Waals surface area contributed by atoms with Gasteiger partial charge >= 0.3 is 6.18 Å². The molecular weight excluding hydrogens is 357 g/mol. The topological polar surface area (TPSA) is 89.3 Å². The Morgan fingerprint density at radius 3 is 2.39 bits per heavy atom. The first-order chi connectivity index (χ1) is 9.90. The van der Waals surface area contributed by atoms with Crippen LogP contribution in [-0.2, 0) is 20.8 Å². The fourth-order valence-corrected chi connectivity index (χ4v) is 2.31. The van der Waals surface area contributed by atoms with Gasteiger partial charge < -0.3 is 11.1 Å². The van der Waals surface area contributed by atoms with Gasteiger partial charge in [-0.05, 0) is 31.0 Å². The molecule has 1 aromatic rings. The lowest BCUT2D eigenvalue weighted by molar-refractivity contribution is -0.137. The van der Waals surface area contributed by atoms with Crippen molar-refractivity contribution in [2.24, 2.45) is 5.73 Å². The van der Waals surface area contributed by atoms with Crippen molar-refractivity contribution in [3.05, 3.63) is 29.3 Å². The minimum Gasteiger partial charge on any atom is -0.324 e. The number of carbonyl (C=O) groups excluding carboxylic acids is 1. The zero-order chi connectivity index (χ0) is 17.1. The van der Waals surface area contributed by atoms with E-state index < -0.39 is 33.5 Å². The lowest BCUT2D eigenvalue weighted by atomic mass is 10.1. The molecule has 1 atom stereocenters. The molecule has 132 valence electrons. The molecule has 5 nitrogen and oxygen atoms in total. The van der Waals surface area contributed by atoms with Crippen LogP contribution in [0.15, 0.2) is 18.2 Å². The Bertz CT molecular complexity index is 663. The van der Waals surface area contributed by atoms with Gasteiger partial charge in [0.15, 0.2) is 0 Å². The standard InChI is InChI=1S/C13H17F3N2O3S.ClH/c1-8-3-4-9(13(14,15)16)7-11(8)18-12(19)10(17)5-6-22(2,20)21;/h3-4,7,10H,5-6,17H2,1-2H3,(H,18,19);1H. The second-order valence-corrected chi connectivity index (χ2v) is 7.30. The number of hydrogen-bond acceptors (Lipinski definition) is 4. The van der Waals surface area contributed by atoms with Crippen LogP contribution in [0.2, 0.25) is 0 Å². The van der Waals surface area contributed by atoms with Crippen LogP contribution in [0.3, 0.4) is 0 Å². The fraction of sp³-hybridized carbons (Fsp3) is 0.462. The van der Waals surface area contributed by atoms with E-state index in [2.05, 4.69) is 5.32 Å². The van der Waals surface area contributed by atoms with Crippen molar-refractivity contribution in [1.29, 1.82) is 0 Å². The molecule has 0 spiro atoms. The number of sulfone groups is 1. The maximum absolute atomic E-state index is 12.6. The van der Waals surface area contributed by atoms with Crippen LogP contribution in [0.1, 0.15) is 17.5 Å². The SMILES string of the molecule is Cc1ccc(C(F)(F)F)cc1NC(=O)C(N)CCS(C)(=O)=O.Cl. The van der Waals surface area contributed by atoms with Crippen molar-refractivity contribution >= 4 is 33.8 Å². The fourth-order valence-electron chi connectivity index (χ4n) is 1.63. The maximum Gasteiger partial charge on any atom is 0.416 e. The lowest BCUT2D eigenvalue weighted by Crippen LogP contribution is -2.37. The normalized spacial score (nSPS) is 13.1. The van der Waals surface area contributed by atoms with Gasteiger partial charge in [0.2, 0.25) is 5.91 Å². The maximum atomic E-state index is 12.6. The number of alkyl halides is 3. The summed E-state index contributed by atoms with van der Waals surface area (Å²) in [5, 5.41) is 2.30. The van der Waals surface area contributed by atoms with Crippen LogP contribution < -0.4 is 11.1 Å². The highest BCUT2D eigenvalue weighted by Gasteiger charge is 2.31. The highest BCUT2D eigenvalue weighted by atomic mass is 35.5. The number of aryl methyl sites for hydroxylation is 1. The molecule has 23 heavy (non-hydrogen) atoms. The van der Waals surface area contributed by atoms with Crippen LogP contribution in [0.4, 0.5) is 18.9 Å². The third-order valence-electron chi connectivity index (χ3n) is 2.96. The zero-order valence-electron chi connectivity index (χ0n) is 12.5. The highest BCUT2D eigenvalue weighted by Crippen LogP contribution is 2.32. The summed E-state index contributed by atoms with van der Waals surface area (Å²) in [5.41, 5.74) is 5.09. The predicted octanol–water partition coefficient (Wildman–Crippen LogP) is 2.14. The van der Waals surface area contributed by atoms with Crippen LogP contribution in [0.5, 0.6) is 0 Å². The lowest BCUT2D eigenvalue weighted by Gasteiger charge is -2.15. The Labute approximate surface area is 138 Å². The quantitative estimate of drug-likeness (QED) is 0.826. The van der Waals surface area contributed by atoms with Crippen molar-refractivity contribution in [1.82, 2.24) is 0 Å². The van der Waals surface area contributed by atoms with E-state index in [0.29, 0.717) is 5.56 Å². The predicted molar refractivity (Wildman–Crippen MR) is 84.4 cm³/mol. The summed E-state index contributed by atoms with van der Waals surface area (Å²) in [6.45, 7) is 1.54. The van der Waals surface area contributed by atoms with E-state index in [1.165, 1.54) is 13.0 Å². The molecule has 1 unspecified atom stereocenters. The molecule has 0 saturated carbocycles. The van der Waals surface area contributed by atoms with Gasteiger partial charge in [-0.25, -0.2) is 8.42 Å².